The summed E-state index contributed by atoms with van der Waals surface area (Å²) in [6, 6.07) is 0. The van der Waals surface area contributed by atoms with Crippen LogP contribution < -0.4 is 0 Å². The van der Waals surface area contributed by atoms with E-state index in [-0.39, 0.29) is 11.8 Å². The Labute approximate surface area is 125 Å². The predicted octanol–water partition coefficient (Wildman–Crippen LogP) is 4.70. The maximum atomic E-state index is 6.75. The van der Waals surface area contributed by atoms with E-state index in [0.29, 0.717) is 21.9 Å². The van der Waals surface area contributed by atoms with Crippen molar-refractivity contribution in [2.45, 2.75) is 21.5 Å². The lowest BCUT2D eigenvalue weighted by molar-refractivity contribution is 0.305. The molecule has 2 saturated carbocycles. The van der Waals surface area contributed by atoms with Crippen LogP contribution in [0.2, 0.25) is 0 Å². The van der Waals surface area contributed by atoms with Gasteiger partial charge in [-0.05, 0) is 30.1 Å². The number of rotatable bonds is 0. The molecule has 0 aromatic heterocycles. The monoisotopic (exact) mass is 328 g/mol. The highest BCUT2D eigenvalue weighted by Crippen LogP contribution is 2.76. The minimum absolute atomic E-state index is 0.231. The first kappa shape index (κ1) is 11.7. The first-order valence-corrected chi connectivity index (χ1v) is 7.64. The van der Waals surface area contributed by atoms with Crippen LogP contribution in [0.1, 0.15) is 6.42 Å². The van der Waals surface area contributed by atoms with Gasteiger partial charge in [0.05, 0.1) is 15.4 Å². The molecule has 0 radical (unpaired) electrons. The van der Waals surface area contributed by atoms with E-state index in [4.69, 9.17) is 58.0 Å². The molecule has 0 N–H and O–H groups in total. The summed E-state index contributed by atoms with van der Waals surface area (Å²) in [6.45, 7) is 0. The topological polar surface area (TPSA) is 0 Å². The van der Waals surface area contributed by atoms with Gasteiger partial charge in [-0.1, -0.05) is 35.4 Å². The Kier molecular flexibility index (Phi) is 2.17. The van der Waals surface area contributed by atoms with Crippen LogP contribution >= 0.6 is 58.0 Å². The summed E-state index contributed by atoms with van der Waals surface area (Å²) >= 11 is 32.6. The van der Waals surface area contributed by atoms with E-state index in [9.17, 15) is 0 Å². The van der Waals surface area contributed by atoms with Crippen molar-refractivity contribution in [1.82, 2.24) is 0 Å². The summed E-state index contributed by atoms with van der Waals surface area (Å²) in [7, 11) is 0. The predicted molar refractivity (Wildman–Crippen MR) is 73.3 cm³/mol. The Hall–Kier alpha value is 0.930. The van der Waals surface area contributed by atoms with E-state index in [1.807, 2.05) is 0 Å². The molecule has 0 nitrogen and oxygen atoms in total. The van der Waals surface area contributed by atoms with Crippen LogP contribution in [0.5, 0.6) is 0 Å². The van der Waals surface area contributed by atoms with Crippen LogP contribution in [-0.2, 0) is 0 Å². The summed E-state index contributed by atoms with van der Waals surface area (Å²) in [5.41, 5.74) is 0. The molecule has 3 unspecified atom stereocenters. The second-order valence-electron chi connectivity index (χ2n) is 5.53. The molecule has 2 fully saturated rings. The standard InChI is InChI=1S/C12H9Cl5/c13-8-9(14)12(17)7-5-2-1-4(3-5)6(7)11(8,16)10(12)15/h1-2,4-7,10H,3H2/t4?,5?,6-,7+,10?,11-,12+. The van der Waals surface area contributed by atoms with Crippen LogP contribution in [-0.4, -0.2) is 15.1 Å². The smallest absolute Gasteiger partial charge is 0.103 e. The highest BCUT2D eigenvalue weighted by molar-refractivity contribution is 6.55. The lowest BCUT2D eigenvalue weighted by Crippen LogP contribution is -2.38. The van der Waals surface area contributed by atoms with Gasteiger partial charge in [0.25, 0.3) is 0 Å². The van der Waals surface area contributed by atoms with Crippen LogP contribution in [0, 0.1) is 23.7 Å². The normalized spacial score (nSPS) is 62.8. The Balaban J connectivity index is 1.99. The third kappa shape index (κ3) is 0.984. The van der Waals surface area contributed by atoms with Crippen molar-refractivity contribution >= 4 is 58.0 Å². The largest absolute Gasteiger partial charge is 0.118 e. The SMILES string of the molecule is ClC1=C(Cl)[C@]2(Cl)C(Cl)[C@@]1(Cl)[C@@H]1C3C=CC(C3)[C@@H]12. The van der Waals surface area contributed by atoms with Crippen molar-refractivity contribution in [3.63, 3.8) is 0 Å². The lowest BCUT2D eigenvalue weighted by Gasteiger charge is -2.37. The molecule has 0 spiro atoms. The molecule has 4 bridgehead atoms. The molecule has 7 atom stereocenters. The number of halogens is 5. The summed E-state index contributed by atoms with van der Waals surface area (Å²) in [5.74, 6) is 1.36. The number of allylic oxidation sites excluding steroid dienone is 4. The first-order chi connectivity index (χ1) is 7.93. The third-order valence-electron chi connectivity index (χ3n) is 5.03. The number of fused-ring (bicyclic) bond motifs is 9. The van der Waals surface area contributed by atoms with Crippen LogP contribution in [0.25, 0.3) is 0 Å². The first-order valence-electron chi connectivity index (χ1n) is 5.70. The maximum absolute atomic E-state index is 6.75. The lowest BCUT2D eigenvalue weighted by atomic mass is 9.75. The highest BCUT2D eigenvalue weighted by Gasteiger charge is 2.78. The number of hydrogen-bond donors (Lipinski definition) is 0. The van der Waals surface area contributed by atoms with Gasteiger partial charge < -0.3 is 0 Å². The molecule has 0 aromatic rings. The zero-order chi connectivity index (χ0) is 12.2. The Bertz CT molecular complexity index is 443. The fourth-order valence-corrected chi connectivity index (χ4v) is 7.15. The van der Waals surface area contributed by atoms with Gasteiger partial charge in [-0.3, -0.25) is 0 Å². The van der Waals surface area contributed by atoms with E-state index in [1.54, 1.807) is 0 Å². The van der Waals surface area contributed by atoms with Crippen LogP contribution in [0.4, 0.5) is 0 Å². The van der Waals surface area contributed by atoms with E-state index in [2.05, 4.69) is 12.2 Å². The van der Waals surface area contributed by atoms with Crippen molar-refractivity contribution in [3.05, 3.63) is 22.2 Å². The highest BCUT2D eigenvalue weighted by atomic mass is 35.5. The molecular weight excluding hydrogens is 321 g/mol. The Morgan fingerprint density at radius 2 is 1.35 bits per heavy atom. The molecule has 17 heavy (non-hydrogen) atoms. The molecule has 4 aliphatic carbocycles. The zero-order valence-corrected chi connectivity index (χ0v) is 12.4. The van der Waals surface area contributed by atoms with Crippen molar-refractivity contribution < 1.29 is 0 Å². The van der Waals surface area contributed by atoms with E-state index in [0.717, 1.165) is 6.42 Å². The summed E-state index contributed by atoms with van der Waals surface area (Å²) < 4.78 is 0. The molecule has 4 rings (SSSR count). The number of hydrogen-bond acceptors (Lipinski definition) is 0. The summed E-state index contributed by atoms with van der Waals surface area (Å²) in [5, 5.41) is 0.523. The molecule has 0 aliphatic heterocycles. The molecule has 5 heteroatoms. The van der Waals surface area contributed by atoms with Crippen molar-refractivity contribution in [2.24, 2.45) is 23.7 Å². The Morgan fingerprint density at radius 1 is 0.941 bits per heavy atom. The second kappa shape index (κ2) is 3.15. The van der Waals surface area contributed by atoms with Gasteiger partial charge in [0.1, 0.15) is 9.75 Å². The second-order valence-corrected chi connectivity index (χ2v) is 7.97. The van der Waals surface area contributed by atoms with Crippen LogP contribution in [0.3, 0.4) is 0 Å². The minimum atomic E-state index is -0.767. The van der Waals surface area contributed by atoms with E-state index in [1.165, 1.54) is 0 Å². The molecular formula is C12H9Cl5. The minimum Gasteiger partial charge on any atom is -0.118 e. The molecule has 0 saturated heterocycles. The van der Waals surface area contributed by atoms with Gasteiger partial charge in [0, 0.05) is 0 Å². The third-order valence-corrected chi connectivity index (χ3v) is 8.56. The average molecular weight is 330 g/mol. The van der Waals surface area contributed by atoms with Gasteiger partial charge in [-0.25, -0.2) is 0 Å². The quantitative estimate of drug-likeness (QED) is 0.343. The molecule has 92 valence electrons. The van der Waals surface area contributed by atoms with Gasteiger partial charge in [-0.15, -0.1) is 34.8 Å². The Morgan fingerprint density at radius 3 is 1.76 bits per heavy atom. The fourth-order valence-electron chi connectivity index (χ4n) is 4.46. The number of alkyl halides is 3. The van der Waals surface area contributed by atoms with Crippen LogP contribution in [0.15, 0.2) is 22.2 Å². The average Bonchev–Trinajstić information content (AvgIpc) is 2.98. The van der Waals surface area contributed by atoms with Crippen molar-refractivity contribution in [1.29, 1.82) is 0 Å². The molecule has 0 amide bonds. The zero-order valence-electron chi connectivity index (χ0n) is 8.64. The van der Waals surface area contributed by atoms with Gasteiger partial charge in [0.2, 0.25) is 0 Å². The van der Waals surface area contributed by atoms with E-state index < -0.39 is 15.1 Å². The molecule has 0 aromatic carbocycles. The van der Waals surface area contributed by atoms with Crippen molar-refractivity contribution in [2.75, 3.05) is 0 Å². The summed E-state index contributed by atoms with van der Waals surface area (Å²) in [6.07, 6.45) is 5.58. The van der Waals surface area contributed by atoms with Gasteiger partial charge in [-0.2, -0.15) is 0 Å². The maximum Gasteiger partial charge on any atom is 0.103 e. The van der Waals surface area contributed by atoms with Gasteiger partial charge >= 0.3 is 0 Å². The molecule has 4 aliphatic rings. The molecule has 0 heterocycles. The van der Waals surface area contributed by atoms with Crippen molar-refractivity contribution in [3.8, 4) is 0 Å². The van der Waals surface area contributed by atoms with Gasteiger partial charge in [0.15, 0.2) is 0 Å². The van der Waals surface area contributed by atoms with E-state index >= 15 is 0 Å². The fraction of sp³-hybridized carbons (Fsp3) is 0.667. The summed E-state index contributed by atoms with van der Waals surface area (Å²) in [4.78, 5) is -1.53.